The van der Waals surface area contributed by atoms with Crippen LogP contribution in [0.1, 0.15) is 29.5 Å². The Hall–Kier alpha value is -2.21. The minimum Gasteiger partial charge on any atom is -0.392 e. The van der Waals surface area contributed by atoms with Gasteiger partial charge in [-0.25, -0.2) is 0 Å². The summed E-state index contributed by atoms with van der Waals surface area (Å²) in [5.41, 5.74) is 2.53. The van der Waals surface area contributed by atoms with E-state index in [1.165, 1.54) is 4.90 Å². The standard InChI is InChI=1S/C22H24ClNO4/c23-18-7-4-15(5-8-18)6-9-21(27)20-12-19(26)13-24(20)22(28)11-16-2-1-3-17(10-16)14-25/h1-5,7-8,10,19-20,25-26H,6,9,11-14H2/t19-,20+/m1/s1. The van der Waals surface area contributed by atoms with Gasteiger partial charge in [0.05, 0.1) is 25.2 Å². The largest absolute Gasteiger partial charge is 0.392 e. The van der Waals surface area contributed by atoms with Crippen molar-refractivity contribution in [2.75, 3.05) is 6.54 Å². The fourth-order valence-electron chi connectivity index (χ4n) is 3.59. The van der Waals surface area contributed by atoms with Gasteiger partial charge in [-0.1, -0.05) is 48.0 Å². The first-order valence-electron chi connectivity index (χ1n) is 9.39. The van der Waals surface area contributed by atoms with E-state index in [-0.39, 0.29) is 37.7 Å². The number of carbonyl (C=O) groups is 2. The molecule has 28 heavy (non-hydrogen) atoms. The molecule has 0 aliphatic carbocycles. The zero-order valence-corrected chi connectivity index (χ0v) is 16.3. The van der Waals surface area contributed by atoms with Gasteiger partial charge in [-0.3, -0.25) is 9.59 Å². The molecule has 148 valence electrons. The van der Waals surface area contributed by atoms with Gasteiger partial charge in [-0.05, 0) is 35.2 Å². The Morgan fingerprint density at radius 3 is 2.50 bits per heavy atom. The lowest BCUT2D eigenvalue weighted by Gasteiger charge is -2.23. The average Bonchev–Trinajstić information content (AvgIpc) is 3.09. The highest BCUT2D eigenvalue weighted by atomic mass is 35.5. The summed E-state index contributed by atoms with van der Waals surface area (Å²) in [5, 5.41) is 19.9. The predicted octanol–water partition coefficient (Wildman–Crippen LogP) is 2.54. The van der Waals surface area contributed by atoms with Crippen LogP contribution in [0.5, 0.6) is 0 Å². The minimum absolute atomic E-state index is 0.0380. The van der Waals surface area contributed by atoms with Gasteiger partial charge >= 0.3 is 0 Å². The number of carbonyl (C=O) groups excluding carboxylic acids is 2. The van der Waals surface area contributed by atoms with Crippen molar-refractivity contribution in [1.29, 1.82) is 0 Å². The van der Waals surface area contributed by atoms with Crippen molar-refractivity contribution in [1.82, 2.24) is 4.90 Å². The molecule has 3 rings (SSSR count). The number of hydrogen-bond donors (Lipinski definition) is 2. The molecule has 1 aliphatic heterocycles. The van der Waals surface area contributed by atoms with Gasteiger partial charge in [0.2, 0.25) is 5.91 Å². The molecule has 0 radical (unpaired) electrons. The molecule has 0 aromatic heterocycles. The molecule has 1 amide bonds. The van der Waals surface area contributed by atoms with E-state index >= 15 is 0 Å². The normalized spacial score (nSPS) is 19.0. The molecule has 2 atom stereocenters. The van der Waals surface area contributed by atoms with Crippen molar-refractivity contribution in [3.63, 3.8) is 0 Å². The van der Waals surface area contributed by atoms with Crippen molar-refractivity contribution in [2.45, 2.75) is 44.4 Å². The lowest BCUT2D eigenvalue weighted by Crippen LogP contribution is -2.41. The van der Waals surface area contributed by atoms with E-state index < -0.39 is 12.1 Å². The second-order valence-electron chi connectivity index (χ2n) is 7.20. The fourth-order valence-corrected chi connectivity index (χ4v) is 3.72. The zero-order chi connectivity index (χ0) is 20.1. The molecular formula is C22H24ClNO4. The van der Waals surface area contributed by atoms with Crippen LogP contribution < -0.4 is 0 Å². The van der Waals surface area contributed by atoms with Gasteiger partial charge in [-0.15, -0.1) is 0 Å². The van der Waals surface area contributed by atoms with Crippen molar-refractivity contribution in [3.8, 4) is 0 Å². The van der Waals surface area contributed by atoms with E-state index in [0.29, 0.717) is 17.9 Å². The SMILES string of the molecule is O=C(CCc1ccc(Cl)cc1)[C@@H]1C[C@@H](O)CN1C(=O)Cc1cccc(CO)c1. The number of aryl methyl sites for hydroxylation is 1. The van der Waals surface area contributed by atoms with E-state index in [9.17, 15) is 19.8 Å². The number of β-amino-alcohol motifs (C(OH)–C–C–N with tert-alkyl or cyclic N) is 1. The van der Waals surface area contributed by atoms with Gasteiger partial charge in [-0.2, -0.15) is 0 Å². The Labute approximate surface area is 169 Å². The lowest BCUT2D eigenvalue weighted by molar-refractivity contribution is -0.137. The minimum atomic E-state index is -0.683. The van der Waals surface area contributed by atoms with Crippen molar-refractivity contribution < 1.29 is 19.8 Å². The summed E-state index contributed by atoms with van der Waals surface area (Å²) in [6.07, 6.45) is 0.618. The van der Waals surface area contributed by atoms with Crippen LogP contribution >= 0.6 is 11.6 Å². The predicted molar refractivity (Wildman–Crippen MR) is 107 cm³/mol. The maximum Gasteiger partial charge on any atom is 0.227 e. The number of rotatable bonds is 7. The van der Waals surface area contributed by atoms with Crippen molar-refractivity contribution in [2.24, 2.45) is 0 Å². The van der Waals surface area contributed by atoms with Crippen LogP contribution in [-0.4, -0.2) is 45.5 Å². The van der Waals surface area contributed by atoms with Gasteiger partial charge in [0, 0.05) is 24.4 Å². The number of halogens is 1. The van der Waals surface area contributed by atoms with Crippen LogP contribution in [-0.2, 0) is 29.0 Å². The summed E-state index contributed by atoms with van der Waals surface area (Å²) in [4.78, 5) is 27.0. The smallest absolute Gasteiger partial charge is 0.227 e. The fraction of sp³-hybridized carbons (Fsp3) is 0.364. The molecular weight excluding hydrogens is 378 g/mol. The number of likely N-dealkylation sites (tertiary alicyclic amines) is 1. The third-order valence-corrected chi connectivity index (χ3v) is 5.33. The number of amides is 1. The molecule has 1 heterocycles. The Morgan fingerprint density at radius 1 is 1.07 bits per heavy atom. The van der Waals surface area contributed by atoms with Gasteiger partial charge in [0.25, 0.3) is 0 Å². The molecule has 5 nitrogen and oxygen atoms in total. The molecule has 1 aliphatic rings. The second-order valence-corrected chi connectivity index (χ2v) is 7.64. The molecule has 0 spiro atoms. The highest BCUT2D eigenvalue weighted by molar-refractivity contribution is 6.30. The molecule has 2 aromatic carbocycles. The van der Waals surface area contributed by atoms with Crippen LogP contribution in [0.3, 0.4) is 0 Å². The first-order chi connectivity index (χ1) is 13.5. The van der Waals surface area contributed by atoms with E-state index in [2.05, 4.69) is 0 Å². The lowest BCUT2D eigenvalue weighted by atomic mass is 10.0. The van der Waals surface area contributed by atoms with E-state index in [1.54, 1.807) is 30.3 Å². The van der Waals surface area contributed by atoms with Crippen LogP contribution in [0.25, 0.3) is 0 Å². The summed E-state index contributed by atoms with van der Waals surface area (Å²) in [7, 11) is 0. The van der Waals surface area contributed by atoms with E-state index in [0.717, 1.165) is 16.7 Å². The highest BCUT2D eigenvalue weighted by Gasteiger charge is 2.38. The van der Waals surface area contributed by atoms with Gasteiger partial charge in [0.15, 0.2) is 5.78 Å². The Morgan fingerprint density at radius 2 is 1.79 bits per heavy atom. The van der Waals surface area contributed by atoms with Crippen LogP contribution in [0.2, 0.25) is 5.02 Å². The highest BCUT2D eigenvalue weighted by Crippen LogP contribution is 2.22. The molecule has 0 bridgehead atoms. The monoisotopic (exact) mass is 401 g/mol. The Kier molecular flexibility index (Phi) is 6.83. The quantitative estimate of drug-likeness (QED) is 0.747. The molecule has 6 heteroatoms. The maximum atomic E-state index is 12.8. The number of aliphatic hydroxyl groups excluding tert-OH is 2. The van der Waals surface area contributed by atoms with Crippen LogP contribution in [0.15, 0.2) is 48.5 Å². The summed E-state index contributed by atoms with van der Waals surface area (Å²) in [5.74, 6) is -0.222. The summed E-state index contributed by atoms with van der Waals surface area (Å²) in [6, 6.07) is 13.9. The number of hydrogen-bond acceptors (Lipinski definition) is 4. The zero-order valence-electron chi connectivity index (χ0n) is 15.6. The molecule has 2 aromatic rings. The third-order valence-electron chi connectivity index (χ3n) is 5.07. The van der Waals surface area contributed by atoms with Crippen LogP contribution in [0, 0.1) is 0 Å². The first kappa shape index (κ1) is 20.5. The summed E-state index contributed by atoms with van der Waals surface area (Å²) < 4.78 is 0. The van der Waals surface area contributed by atoms with Gasteiger partial charge in [0.1, 0.15) is 0 Å². The molecule has 0 saturated carbocycles. The number of aliphatic hydroxyl groups is 2. The van der Waals surface area contributed by atoms with Crippen molar-refractivity contribution in [3.05, 3.63) is 70.2 Å². The molecule has 1 saturated heterocycles. The topological polar surface area (TPSA) is 77.8 Å². The first-order valence-corrected chi connectivity index (χ1v) is 9.77. The molecule has 1 fully saturated rings. The number of nitrogens with zero attached hydrogens (tertiary/aromatic N) is 1. The third kappa shape index (κ3) is 5.19. The second kappa shape index (κ2) is 9.32. The summed E-state index contributed by atoms with van der Waals surface area (Å²) in [6.45, 7) is 0.0894. The Balaban J connectivity index is 1.63. The maximum absolute atomic E-state index is 12.8. The Bertz CT molecular complexity index is 837. The summed E-state index contributed by atoms with van der Waals surface area (Å²) >= 11 is 5.88. The molecule has 0 unspecified atom stereocenters. The van der Waals surface area contributed by atoms with E-state index in [4.69, 9.17) is 11.6 Å². The number of ketones is 1. The van der Waals surface area contributed by atoms with Gasteiger partial charge < -0.3 is 15.1 Å². The van der Waals surface area contributed by atoms with Crippen molar-refractivity contribution >= 4 is 23.3 Å². The molecule has 2 N–H and O–H groups in total. The van der Waals surface area contributed by atoms with E-state index in [1.807, 2.05) is 18.2 Å². The van der Waals surface area contributed by atoms with Crippen LogP contribution in [0.4, 0.5) is 0 Å². The average molecular weight is 402 g/mol. The number of Topliss-reactive ketones (excluding diaryl/α,β-unsaturated/α-hetero) is 1. The number of benzene rings is 2.